The Kier molecular flexibility index (Phi) is 2.34. The van der Waals surface area contributed by atoms with Gasteiger partial charge in [-0.25, -0.2) is 0 Å². The number of hydrogen-bond acceptors (Lipinski definition) is 3. The van der Waals surface area contributed by atoms with E-state index in [9.17, 15) is 14.4 Å². The highest BCUT2D eigenvalue weighted by atomic mass is 16.4. The van der Waals surface area contributed by atoms with Gasteiger partial charge >= 0.3 is 5.97 Å². The molecule has 2 amide bonds. The van der Waals surface area contributed by atoms with Crippen molar-refractivity contribution in [1.29, 1.82) is 0 Å². The van der Waals surface area contributed by atoms with Gasteiger partial charge in [0.05, 0.1) is 12.5 Å². The summed E-state index contributed by atoms with van der Waals surface area (Å²) in [7, 11) is 0. The molecule has 6 heteroatoms. The van der Waals surface area contributed by atoms with Crippen LogP contribution in [0, 0.1) is 5.92 Å². The largest absolute Gasteiger partial charge is 0.481 e. The molecular formula is C9H12N2O4. The van der Waals surface area contributed by atoms with Crippen molar-refractivity contribution in [3.05, 3.63) is 0 Å². The number of piperazine rings is 1. The third-order valence-corrected chi connectivity index (χ3v) is 2.95. The van der Waals surface area contributed by atoms with Crippen LogP contribution in [0.15, 0.2) is 0 Å². The minimum Gasteiger partial charge on any atom is -0.481 e. The first-order valence-corrected chi connectivity index (χ1v) is 4.91. The number of nitrogens with zero attached hydrogens (tertiary/aromatic N) is 1. The van der Waals surface area contributed by atoms with Crippen LogP contribution >= 0.6 is 0 Å². The van der Waals surface area contributed by atoms with E-state index >= 15 is 0 Å². The van der Waals surface area contributed by atoms with E-state index < -0.39 is 17.9 Å². The lowest BCUT2D eigenvalue weighted by atomic mass is 9.87. The Morgan fingerprint density at radius 1 is 1.47 bits per heavy atom. The molecule has 0 aliphatic carbocycles. The second-order valence-corrected chi connectivity index (χ2v) is 3.84. The van der Waals surface area contributed by atoms with Crippen molar-refractivity contribution in [3.63, 3.8) is 0 Å². The highest BCUT2D eigenvalue weighted by Crippen LogP contribution is 2.25. The lowest BCUT2D eigenvalue weighted by molar-refractivity contribution is -0.158. The number of aliphatic carboxylic acids is 1. The Labute approximate surface area is 86.2 Å². The third-order valence-electron chi connectivity index (χ3n) is 2.95. The van der Waals surface area contributed by atoms with Crippen molar-refractivity contribution < 1.29 is 19.5 Å². The number of carbonyl (C=O) groups excluding carboxylic acids is 2. The van der Waals surface area contributed by atoms with Gasteiger partial charge < -0.3 is 15.3 Å². The molecule has 2 rings (SSSR count). The molecule has 0 aromatic carbocycles. The van der Waals surface area contributed by atoms with E-state index in [0.717, 1.165) is 0 Å². The molecule has 0 spiro atoms. The molecule has 82 valence electrons. The fraction of sp³-hybridized carbons (Fsp3) is 0.667. The second kappa shape index (κ2) is 3.52. The Bertz CT molecular complexity index is 322. The lowest BCUT2D eigenvalue weighted by Crippen LogP contribution is -2.63. The maximum Gasteiger partial charge on any atom is 0.309 e. The van der Waals surface area contributed by atoms with E-state index in [4.69, 9.17) is 5.11 Å². The van der Waals surface area contributed by atoms with Gasteiger partial charge in [-0.1, -0.05) is 0 Å². The third kappa shape index (κ3) is 1.55. The smallest absolute Gasteiger partial charge is 0.309 e. The quantitative estimate of drug-likeness (QED) is 0.572. The Balaban J connectivity index is 2.27. The van der Waals surface area contributed by atoms with E-state index in [1.165, 1.54) is 4.90 Å². The molecule has 2 N–H and O–H groups in total. The number of hydrogen-bond donors (Lipinski definition) is 2. The summed E-state index contributed by atoms with van der Waals surface area (Å²) in [6.45, 7) is 0.475. The maximum absolute atomic E-state index is 11.5. The number of carbonyl (C=O) groups is 3. The molecule has 0 aromatic heterocycles. The first kappa shape index (κ1) is 9.95. The van der Waals surface area contributed by atoms with Crippen LogP contribution in [-0.2, 0) is 14.4 Å². The first-order chi connectivity index (χ1) is 7.11. The van der Waals surface area contributed by atoms with Gasteiger partial charge in [0.2, 0.25) is 11.8 Å². The zero-order chi connectivity index (χ0) is 11.0. The molecule has 0 saturated carbocycles. The number of amides is 2. The first-order valence-electron chi connectivity index (χ1n) is 4.91. The zero-order valence-corrected chi connectivity index (χ0v) is 8.10. The molecule has 0 bridgehead atoms. The molecule has 2 aliphatic rings. The molecule has 0 radical (unpaired) electrons. The van der Waals surface area contributed by atoms with Crippen LogP contribution in [0.4, 0.5) is 0 Å². The standard InChI is InChI=1S/C9H12N2O4/c12-6-4-10-8(13)7-5(9(14)15)2-1-3-11(6)7/h5,7H,1-4H2,(H,10,13)(H,14,15). The molecule has 2 saturated heterocycles. The lowest BCUT2D eigenvalue weighted by Gasteiger charge is -2.41. The van der Waals surface area contributed by atoms with Crippen molar-refractivity contribution in [2.45, 2.75) is 18.9 Å². The molecule has 2 aliphatic heterocycles. The predicted molar refractivity (Wildman–Crippen MR) is 48.9 cm³/mol. The van der Waals surface area contributed by atoms with E-state index in [-0.39, 0.29) is 18.4 Å². The van der Waals surface area contributed by atoms with Crippen LogP contribution in [0.3, 0.4) is 0 Å². The van der Waals surface area contributed by atoms with Gasteiger partial charge in [0, 0.05) is 6.54 Å². The van der Waals surface area contributed by atoms with Crippen LogP contribution in [0.1, 0.15) is 12.8 Å². The second-order valence-electron chi connectivity index (χ2n) is 3.84. The number of carboxylic acids is 1. The summed E-state index contributed by atoms with van der Waals surface area (Å²) in [5.41, 5.74) is 0. The number of rotatable bonds is 1. The number of carboxylic acid groups (broad SMARTS) is 1. The molecular weight excluding hydrogens is 200 g/mol. The summed E-state index contributed by atoms with van der Waals surface area (Å²) in [6, 6.07) is -0.808. The van der Waals surface area contributed by atoms with Crippen molar-refractivity contribution in [3.8, 4) is 0 Å². The van der Waals surface area contributed by atoms with Crippen molar-refractivity contribution in [2.75, 3.05) is 13.1 Å². The zero-order valence-electron chi connectivity index (χ0n) is 8.10. The van der Waals surface area contributed by atoms with Crippen LogP contribution < -0.4 is 5.32 Å². The highest BCUT2D eigenvalue weighted by Gasteiger charge is 2.45. The van der Waals surface area contributed by atoms with Gasteiger partial charge in [-0.3, -0.25) is 14.4 Å². The molecule has 0 aromatic rings. The molecule has 15 heavy (non-hydrogen) atoms. The average molecular weight is 212 g/mol. The number of fused-ring (bicyclic) bond motifs is 1. The maximum atomic E-state index is 11.5. The van der Waals surface area contributed by atoms with Crippen LogP contribution in [0.25, 0.3) is 0 Å². The van der Waals surface area contributed by atoms with Gasteiger partial charge in [-0.05, 0) is 12.8 Å². The monoisotopic (exact) mass is 212 g/mol. The normalized spacial score (nSPS) is 30.8. The number of piperidine rings is 1. The van der Waals surface area contributed by atoms with Crippen LogP contribution in [0.5, 0.6) is 0 Å². The molecule has 2 unspecified atom stereocenters. The summed E-state index contributed by atoms with van der Waals surface area (Å²) in [5, 5.41) is 11.4. The summed E-state index contributed by atoms with van der Waals surface area (Å²) < 4.78 is 0. The molecule has 2 heterocycles. The predicted octanol–water partition coefficient (Wildman–Crippen LogP) is -1.19. The van der Waals surface area contributed by atoms with Gasteiger partial charge in [0.15, 0.2) is 0 Å². The van der Waals surface area contributed by atoms with E-state index in [0.29, 0.717) is 19.4 Å². The van der Waals surface area contributed by atoms with Crippen LogP contribution in [-0.4, -0.2) is 46.9 Å². The van der Waals surface area contributed by atoms with Crippen molar-refractivity contribution in [1.82, 2.24) is 10.2 Å². The fourth-order valence-electron chi connectivity index (χ4n) is 2.23. The minimum absolute atomic E-state index is 0.0122. The molecule has 2 atom stereocenters. The summed E-state index contributed by atoms with van der Waals surface area (Å²) in [5.74, 6) is -2.30. The Morgan fingerprint density at radius 2 is 2.20 bits per heavy atom. The Hall–Kier alpha value is -1.59. The van der Waals surface area contributed by atoms with Crippen LogP contribution in [0.2, 0.25) is 0 Å². The topological polar surface area (TPSA) is 86.7 Å². The average Bonchev–Trinajstić information content (AvgIpc) is 2.23. The Morgan fingerprint density at radius 3 is 2.87 bits per heavy atom. The van der Waals surface area contributed by atoms with Crippen molar-refractivity contribution >= 4 is 17.8 Å². The molecule has 2 fully saturated rings. The fourth-order valence-corrected chi connectivity index (χ4v) is 2.23. The summed E-state index contributed by atoms with van der Waals surface area (Å²) in [6.07, 6.45) is 1.10. The van der Waals surface area contributed by atoms with Gasteiger partial charge in [-0.15, -0.1) is 0 Å². The summed E-state index contributed by atoms with van der Waals surface area (Å²) in [4.78, 5) is 35.3. The number of nitrogens with one attached hydrogen (secondary N) is 1. The van der Waals surface area contributed by atoms with Gasteiger partial charge in [0.1, 0.15) is 6.04 Å². The molecule has 6 nitrogen and oxygen atoms in total. The van der Waals surface area contributed by atoms with E-state index in [2.05, 4.69) is 5.32 Å². The highest BCUT2D eigenvalue weighted by molar-refractivity contribution is 5.97. The minimum atomic E-state index is -1.01. The van der Waals surface area contributed by atoms with Gasteiger partial charge in [0.25, 0.3) is 0 Å². The van der Waals surface area contributed by atoms with E-state index in [1.54, 1.807) is 0 Å². The van der Waals surface area contributed by atoms with Gasteiger partial charge in [-0.2, -0.15) is 0 Å². The SMILES string of the molecule is O=C(O)C1CCCN2C(=O)CNC(=O)C12. The summed E-state index contributed by atoms with van der Waals surface area (Å²) >= 11 is 0. The van der Waals surface area contributed by atoms with E-state index in [1.807, 2.05) is 0 Å². The van der Waals surface area contributed by atoms with Crippen molar-refractivity contribution in [2.24, 2.45) is 5.92 Å².